The number of esters is 1. The summed E-state index contributed by atoms with van der Waals surface area (Å²) in [5.74, 6) is -1.20. The maximum atomic E-state index is 12.7. The third-order valence-electron chi connectivity index (χ3n) is 4.08. The molecule has 0 aliphatic carbocycles. The van der Waals surface area contributed by atoms with Gasteiger partial charge in [-0.05, 0) is 31.5 Å². The minimum Gasteiger partial charge on any atom is -0.465 e. The number of hydrogen-bond acceptors (Lipinski definition) is 6. The summed E-state index contributed by atoms with van der Waals surface area (Å²) in [5.41, 5.74) is 1.32. The van der Waals surface area contributed by atoms with E-state index in [1.54, 1.807) is 11.5 Å². The fraction of sp³-hybridized carbons (Fsp3) is 0.211. The molecule has 29 heavy (non-hydrogen) atoms. The van der Waals surface area contributed by atoms with Crippen molar-refractivity contribution in [3.63, 3.8) is 0 Å². The summed E-state index contributed by atoms with van der Waals surface area (Å²) in [5, 5.41) is 11.1. The lowest BCUT2D eigenvalue weighted by Crippen LogP contribution is -2.23. The molecule has 0 atom stereocenters. The van der Waals surface area contributed by atoms with E-state index in [0.717, 1.165) is 21.8 Å². The van der Waals surface area contributed by atoms with E-state index in [1.807, 2.05) is 25.1 Å². The van der Waals surface area contributed by atoms with E-state index in [1.165, 1.54) is 23.5 Å². The predicted molar refractivity (Wildman–Crippen MR) is 109 cm³/mol. The Morgan fingerprint density at radius 2 is 2.07 bits per heavy atom. The summed E-state index contributed by atoms with van der Waals surface area (Å²) in [6.45, 7) is 3.71. The lowest BCUT2D eigenvalue weighted by Gasteiger charge is -2.07. The zero-order chi connectivity index (χ0) is 21.1. The molecule has 0 aliphatic rings. The van der Waals surface area contributed by atoms with Crippen LogP contribution in [-0.2, 0) is 16.1 Å². The highest BCUT2D eigenvalue weighted by molar-refractivity contribution is 7.16. The average Bonchev–Trinajstić information content (AvgIpc) is 3.00. The monoisotopic (exact) mass is 433 g/mol. The Balaban J connectivity index is 2.16. The van der Waals surface area contributed by atoms with Crippen molar-refractivity contribution in [3.05, 3.63) is 67.5 Å². The van der Waals surface area contributed by atoms with E-state index in [9.17, 15) is 19.7 Å². The fourth-order valence-corrected chi connectivity index (χ4v) is 4.12. The molecular weight excluding hydrogens is 418 g/mol. The van der Waals surface area contributed by atoms with Crippen molar-refractivity contribution in [1.82, 2.24) is 4.57 Å². The smallest absolute Gasteiger partial charge is 0.326 e. The maximum Gasteiger partial charge on any atom is 0.326 e. The van der Waals surface area contributed by atoms with Crippen molar-refractivity contribution in [3.8, 4) is 0 Å². The van der Waals surface area contributed by atoms with Crippen molar-refractivity contribution in [2.45, 2.75) is 20.4 Å². The second kappa shape index (κ2) is 8.54. The second-order valence-electron chi connectivity index (χ2n) is 6.04. The number of aryl methyl sites for hydroxylation is 1. The van der Waals surface area contributed by atoms with Gasteiger partial charge in [0.15, 0.2) is 4.80 Å². The van der Waals surface area contributed by atoms with Gasteiger partial charge in [-0.1, -0.05) is 35.1 Å². The maximum absolute atomic E-state index is 12.7. The summed E-state index contributed by atoms with van der Waals surface area (Å²) < 4.78 is 7.48. The van der Waals surface area contributed by atoms with Gasteiger partial charge < -0.3 is 9.30 Å². The molecule has 0 saturated heterocycles. The number of nitro benzene ring substituents is 1. The van der Waals surface area contributed by atoms with Gasteiger partial charge in [-0.2, -0.15) is 4.99 Å². The van der Waals surface area contributed by atoms with Crippen LogP contribution in [0.25, 0.3) is 10.2 Å². The van der Waals surface area contributed by atoms with Crippen molar-refractivity contribution in [2.24, 2.45) is 4.99 Å². The molecule has 8 nitrogen and oxygen atoms in total. The lowest BCUT2D eigenvalue weighted by molar-refractivity contribution is -0.384. The first-order valence-electron chi connectivity index (χ1n) is 8.59. The van der Waals surface area contributed by atoms with Gasteiger partial charge in [0.2, 0.25) is 0 Å². The van der Waals surface area contributed by atoms with E-state index < -0.39 is 16.8 Å². The molecule has 0 aliphatic heterocycles. The summed E-state index contributed by atoms with van der Waals surface area (Å²) in [7, 11) is 0. The molecule has 10 heteroatoms. The Morgan fingerprint density at radius 3 is 2.76 bits per heavy atom. The first-order chi connectivity index (χ1) is 13.8. The molecule has 3 aromatic rings. The SMILES string of the molecule is CCOC(=O)Cn1c(=NC(=O)c2cc([N+](=O)[O-])ccc2Cl)sc2cccc(C)c21. The van der Waals surface area contributed by atoms with Crippen molar-refractivity contribution < 1.29 is 19.2 Å². The lowest BCUT2D eigenvalue weighted by atomic mass is 10.2. The summed E-state index contributed by atoms with van der Waals surface area (Å²) in [6.07, 6.45) is 0. The number of nitro groups is 1. The Bertz CT molecular complexity index is 1200. The number of aromatic nitrogens is 1. The third kappa shape index (κ3) is 4.36. The van der Waals surface area contributed by atoms with E-state index in [4.69, 9.17) is 16.3 Å². The molecule has 1 aromatic heterocycles. The van der Waals surface area contributed by atoms with Gasteiger partial charge in [-0.15, -0.1) is 0 Å². The molecule has 2 aromatic carbocycles. The minimum atomic E-state index is -0.736. The van der Waals surface area contributed by atoms with E-state index >= 15 is 0 Å². The molecule has 3 rings (SSSR count). The van der Waals surface area contributed by atoms with Crippen LogP contribution in [0.3, 0.4) is 0 Å². The van der Waals surface area contributed by atoms with Crippen LogP contribution in [-0.4, -0.2) is 28.0 Å². The molecule has 0 saturated carbocycles. The van der Waals surface area contributed by atoms with Crippen molar-refractivity contribution in [1.29, 1.82) is 0 Å². The van der Waals surface area contributed by atoms with E-state index in [2.05, 4.69) is 4.99 Å². The number of ether oxygens (including phenoxy) is 1. The van der Waals surface area contributed by atoms with Gasteiger partial charge >= 0.3 is 5.97 Å². The van der Waals surface area contributed by atoms with Gasteiger partial charge in [-0.25, -0.2) is 0 Å². The Labute approximate surface area is 174 Å². The standard InChI is InChI=1S/C19H16ClN3O5S/c1-3-28-16(24)10-22-17-11(2)5-4-6-15(17)29-19(22)21-18(25)13-9-12(23(26)27)7-8-14(13)20/h4-9H,3,10H2,1-2H3. The van der Waals surface area contributed by atoms with E-state index in [0.29, 0.717) is 0 Å². The Kier molecular flexibility index (Phi) is 6.09. The van der Waals surface area contributed by atoms with Crippen LogP contribution >= 0.6 is 22.9 Å². The third-order valence-corrected chi connectivity index (χ3v) is 5.46. The molecular formula is C19H16ClN3O5S. The molecule has 0 radical (unpaired) electrons. The number of fused-ring (bicyclic) bond motifs is 1. The number of amides is 1. The first kappa shape index (κ1) is 20.7. The number of carbonyl (C=O) groups excluding carboxylic acids is 2. The highest BCUT2D eigenvalue weighted by Gasteiger charge is 2.18. The second-order valence-corrected chi connectivity index (χ2v) is 7.45. The number of hydrogen-bond donors (Lipinski definition) is 0. The summed E-state index contributed by atoms with van der Waals surface area (Å²) in [6, 6.07) is 9.19. The molecule has 1 heterocycles. The molecule has 0 unspecified atom stereocenters. The normalized spacial score (nSPS) is 11.6. The molecule has 0 bridgehead atoms. The van der Waals surface area contributed by atoms with Gasteiger partial charge in [0.05, 0.1) is 32.3 Å². The van der Waals surface area contributed by atoms with Crippen LogP contribution in [0.5, 0.6) is 0 Å². The Hall–Kier alpha value is -3.04. The number of non-ortho nitro benzene ring substituents is 1. The summed E-state index contributed by atoms with van der Waals surface area (Å²) >= 11 is 7.28. The zero-order valence-electron chi connectivity index (χ0n) is 15.5. The minimum absolute atomic E-state index is 0.0542. The predicted octanol–water partition coefficient (Wildman–Crippen LogP) is 3.88. The number of nitrogens with zero attached hydrogens (tertiary/aromatic N) is 3. The van der Waals surface area contributed by atoms with Gasteiger partial charge in [0.1, 0.15) is 6.54 Å². The first-order valence-corrected chi connectivity index (χ1v) is 9.78. The quantitative estimate of drug-likeness (QED) is 0.345. The number of benzene rings is 2. The fourth-order valence-electron chi connectivity index (χ4n) is 2.81. The van der Waals surface area contributed by atoms with Crippen LogP contribution in [0.1, 0.15) is 22.8 Å². The molecule has 0 spiro atoms. The number of halogens is 1. The van der Waals surface area contributed by atoms with Crippen LogP contribution in [0.2, 0.25) is 5.02 Å². The van der Waals surface area contributed by atoms with Crippen LogP contribution in [0.15, 0.2) is 41.4 Å². The van der Waals surface area contributed by atoms with E-state index in [-0.39, 0.29) is 34.2 Å². The van der Waals surface area contributed by atoms with Crippen LogP contribution in [0, 0.1) is 17.0 Å². The highest BCUT2D eigenvalue weighted by atomic mass is 35.5. The topological polar surface area (TPSA) is 104 Å². The Morgan fingerprint density at radius 1 is 1.31 bits per heavy atom. The number of rotatable bonds is 5. The van der Waals surface area contributed by atoms with Crippen LogP contribution < -0.4 is 4.80 Å². The number of para-hydroxylation sites is 1. The largest absolute Gasteiger partial charge is 0.465 e. The van der Waals surface area contributed by atoms with Crippen molar-refractivity contribution in [2.75, 3.05) is 6.61 Å². The van der Waals surface area contributed by atoms with Gasteiger partial charge in [-0.3, -0.25) is 19.7 Å². The van der Waals surface area contributed by atoms with Gasteiger partial charge in [0, 0.05) is 12.1 Å². The van der Waals surface area contributed by atoms with Gasteiger partial charge in [0.25, 0.3) is 11.6 Å². The molecule has 150 valence electrons. The molecule has 0 fully saturated rings. The molecule has 0 N–H and O–H groups in total. The molecule has 1 amide bonds. The highest BCUT2D eigenvalue weighted by Crippen LogP contribution is 2.24. The summed E-state index contributed by atoms with van der Waals surface area (Å²) in [4.78, 5) is 39.6. The number of carbonyl (C=O) groups is 2. The van der Waals surface area contributed by atoms with Crippen LogP contribution in [0.4, 0.5) is 5.69 Å². The zero-order valence-corrected chi connectivity index (χ0v) is 17.1. The number of thiazole rings is 1. The van der Waals surface area contributed by atoms with Crippen molar-refractivity contribution >= 4 is 50.7 Å². The average molecular weight is 434 g/mol.